The molecule has 0 aliphatic carbocycles. The van der Waals surface area contributed by atoms with E-state index in [1.54, 1.807) is 0 Å². The van der Waals surface area contributed by atoms with Crippen LogP contribution in [0.15, 0.2) is 0 Å². The van der Waals surface area contributed by atoms with Crippen molar-refractivity contribution in [3.8, 4) is 0 Å². The van der Waals surface area contributed by atoms with Crippen molar-refractivity contribution in [2.24, 2.45) is 11.3 Å². The molecule has 1 aliphatic rings. The molecule has 0 amide bonds. The van der Waals surface area contributed by atoms with Crippen molar-refractivity contribution in [1.29, 1.82) is 0 Å². The maximum atomic E-state index is 11.9. The third-order valence-electron chi connectivity index (χ3n) is 2.93. The third-order valence-corrected chi connectivity index (χ3v) is 2.93. The Morgan fingerprint density at radius 1 is 1.60 bits per heavy atom. The van der Waals surface area contributed by atoms with Crippen LogP contribution in [0.1, 0.15) is 40.5 Å². The van der Waals surface area contributed by atoms with Gasteiger partial charge in [-0.2, -0.15) is 0 Å². The summed E-state index contributed by atoms with van der Waals surface area (Å²) >= 11 is 0. The average molecular weight is 214 g/mol. The number of ether oxygens (including phenoxy) is 2. The van der Waals surface area contributed by atoms with Crippen LogP contribution in [0.2, 0.25) is 0 Å². The molecule has 0 saturated carbocycles. The highest BCUT2D eigenvalue weighted by atomic mass is 16.6. The quantitative estimate of drug-likeness (QED) is 0.503. The van der Waals surface area contributed by atoms with Gasteiger partial charge in [-0.15, -0.1) is 0 Å². The monoisotopic (exact) mass is 214 g/mol. The van der Waals surface area contributed by atoms with E-state index in [2.05, 4.69) is 13.8 Å². The summed E-state index contributed by atoms with van der Waals surface area (Å²) in [6.07, 6.45) is 1.87. The first kappa shape index (κ1) is 12.5. The minimum absolute atomic E-state index is 0.0748. The van der Waals surface area contributed by atoms with Gasteiger partial charge in [-0.05, 0) is 25.7 Å². The summed E-state index contributed by atoms with van der Waals surface area (Å²) in [7, 11) is 0. The maximum absolute atomic E-state index is 11.9. The molecule has 0 aromatic heterocycles. The Bertz CT molecular complexity index is 221. The lowest BCUT2D eigenvalue weighted by atomic mass is 9.80. The van der Waals surface area contributed by atoms with Gasteiger partial charge in [-0.3, -0.25) is 4.79 Å². The lowest BCUT2D eigenvalue weighted by Gasteiger charge is -2.27. The van der Waals surface area contributed by atoms with E-state index in [0.717, 1.165) is 19.4 Å². The van der Waals surface area contributed by atoms with Crippen molar-refractivity contribution < 1.29 is 14.3 Å². The molecule has 0 radical (unpaired) electrons. The topological polar surface area (TPSA) is 38.8 Å². The Labute approximate surface area is 92.1 Å². The largest absolute Gasteiger partial charge is 0.462 e. The number of esters is 1. The Hall–Kier alpha value is -0.570. The summed E-state index contributed by atoms with van der Waals surface area (Å²) in [6, 6.07) is 0. The summed E-state index contributed by atoms with van der Waals surface area (Å²) in [4.78, 5) is 11.9. The van der Waals surface area contributed by atoms with Crippen LogP contribution in [0, 0.1) is 11.3 Å². The molecule has 2 unspecified atom stereocenters. The fourth-order valence-electron chi connectivity index (χ4n) is 1.78. The molecule has 1 fully saturated rings. The Balaban J connectivity index is 2.42. The van der Waals surface area contributed by atoms with Gasteiger partial charge in [0, 0.05) is 0 Å². The Morgan fingerprint density at radius 2 is 2.20 bits per heavy atom. The molecule has 2 atom stereocenters. The van der Waals surface area contributed by atoms with Crippen molar-refractivity contribution in [3.05, 3.63) is 0 Å². The van der Waals surface area contributed by atoms with Gasteiger partial charge in [0.15, 0.2) is 0 Å². The number of rotatable bonds is 6. The molecule has 0 bridgehead atoms. The van der Waals surface area contributed by atoms with E-state index in [4.69, 9.17) is 9.47 Å². The standard InChI is InChI=1S/C12H22O3/c1-5-12(4,6-9(2)3)11(13)15-8-10-7-14-10/h9-10H,5-8H2,1-4H3. The van der Waals surface area contributed by atoms with Crippen molar-refractivity contribution in [2.45, 2.75) is 46.6 Å². The van der Waals surface area contributed by atoms with Crippen molar-refractivity contribution in [1.82, 2.24) is 0 Å². The lowest BCUT2D eigenvalue weighted by molar-refractivity contribution is -0.156. The van der Waals surface area contributed by atoms with E-state index in [0.29, 0.717) is 12.5 Å². The van der Waals surface area contributed by atoms with E-state index >= 15 is 0 Å². The summed E-state index contributed by atoms with van der Waals surface area (Å²) < 4.78 is 10.3. The van der Waals surface area contributed by atoms with Gasteiger partial charge in [0.25, 0.3) is 0 Å². The van der Waals surface area contributed by atoms with Gasteiger partial charge in [-0.25, -0.2) is 0 Å². The van der Waals surface area contributed by atoms with Gasteiger partial charge < -0.3 is 9.47 Å². The first-order valence-corrected chi connectivity index (χ1v) is 5.76. The minimum atomic E-state index is -0.330. The molecular weight excluding hydrogens is 192 g/mol. The molecule has 1 rings (SSSR count). The van der Waals surface area contributed by atoms with Gasteiger partial charge in [0.05, 0.1) is 12.0 Å². The summed E-state index contributed by atoms with van der Waals surface area (Å²) in [5.74, 6) is 0.439. The molecule has 0 aromatic rings. The first-order chi connectivity index (χ1) is 6.98. The SMILES string of the molecule is CCC(C)(CC(C)C)C(=O)OCC1CO1. The lowest BCUT2D eigenvalue weighted by Crippen LogP contribution is -2.31. The van der Waals surface area contributed by atoms with Crippen LogP contribution < -0.4 is 0 Å². The number of hydrogen-bond acceptors (Lipinski definition) is 3. The van der Waals surface area contributed by atoms with Gasteiger partial charge in [-0.1, -0.05) is 20.8 Å². The number of hydrogen-bond donors (Lipinski definition) is 0. The highest BCUT2D eigenvalue weighted by molar-refractivity contribution is 5.76. The van der Waals surface area contributed by atoms with E-state index in [9.17, 15) is 4.79 Å². The molecule has 0 N–H and O–H groups in total. The van der Waals surface area contributed by atoms with Crippen molar-refractivity contribution in [3.63, 3.8) is 0 Å². The maximum Gasteiger partial charge on any atom is 0.311 e. The fourth-order valence-corrected chi connectivity index (χ4v) is 1.78. The molecule has 1 aliphatic heterocycles. The highest BCUT2D eigenvalue weighted by Gasteiger charge is 2.35. The average Bonchev–Trinajstić information content (AvgIpc) is 2.96. The van der Waals surface area contributed by atoms with Gasteiger partial charge >= 0.3 is 5.97 Å². The van der Waals surface area contributed by atoms with E-state index in [-0.39, 0.29) is 17.5 Å². The molecule has 1 saturated heterocycles. The molecule has 1 heterocycles. The molecule has 0 aromatic carbocycles. The van der Waals surface area contributed by atoms with Crippen LogP contribution in [-0.4, -0.2) is 25.3 Å². The zero-order valence-electron chi connectivity index (χ0n) is 10.2. The smallest absolute Gasteiger partial charge is 0.311 e. The van der Waals surface area contributed by atoms with Crippen molar-refractivity contribution in [2.75, 3.05) is 13.2 Å². The fraction of sp³-hybridized carbons (Fsp3) is 0.917. The van der Waals surface area contributed by atoms with Crippen LogP contribution in [-0.2, 0) is 14.3 Å². The van der Waals surface area contributed by atoms with E-state index < -0.39 is 0 Å². The van der Waals surface area contributed by atoms with Crippen LogP contribution in [0.5, 0.6) is 0 Å². The second-order valence-electron chi connectivity index (χ2n) is 5.07. The van der Waals surface area contributed by atoms with Gasteiger partial charge in [0.1, 0.15) is 12.7 Å². The molecule has 88 valence electrons. The third kappa shape index (κ3) is 3.82. The summed E-state index contributed by atoms with van der Waals surface area (Å²) in [5.41, 5.74) is -0.330. The number of carbonyl (C=O) groups is 1. The normalized spacial score (nSPS) is 23.7. The predicted octanol–water partition coefficient (Wildman–Crippen LogP) is 2.39. The first-order valence-electron chi connectivity index (χ1n) is 5.76. The molecule has 15 heavy (non-hydrogen) atoms. The second kappa shape index (κ2) is 4.97. The zero-order chi connectivity index (χ0) is 11.5. The second-order valence-corrected chi connectivity index (χ2v) is 5.07. The Morgan fingerprint density at radius 3 is 2.60 bits per heavy atom. The number of epoxide rings is 1. The molecule has 0 spiro atoms. The highest BCUT2D eigenvalue weighted by Crippen LogP contribution is 2.31. The Kier molecular flexibility index (Phi) is 4.14. The van der Waals surface area contributed by atoms with Gasteiger partial charge in [0.2, 0.25) is 0 Å². The van der Waals surface area contributed by atoms with E-state index in [1.165, 1.54) is 0 Å². The van der Waals surface area contributed by atoms with Crippen LogP contribution >= 0.6 is 0 Å². The van der Waals surface area contributed by atoms with Crippen LogP contribution in [0.25, 0.3) is 0 Å². The van der Waals surface area contributed by atoms with Crippen LogP contribution in [0.3, 0.4) is 0 Å². The molecule has 3 heteroatoms. The number of carbonyl (C=O) groups excluding carboxylic acids is 1. The van der Waals surface area contributed by atoms with E-state index in [1.807, 2.05) is 13.8 Å². The predicted molar refractivity (Wildman–Crippen MR) is 58.6 cm³/mol. The van der Waals surface area contributed by atoms with Crippen LogP contribution in [0.4, 0.5) is 0 Å². The molecule has 3 nitrogen and oxygen atoms in total. The summed E-state index contributed by atoms with van der Waals surface area (Å²) in [5, 5.41) is 0. The summed E-state index contributed by atoms with van der Waals surface area (Å²) in [6.45, 7) is 9.45. The van der Waals surface area contributed by atoms with Crippen molar-refractivity contribution >= 4 is 5.97 Å². The minimum Gasteiger partial charge on any atom is -0.462 e. The zero-order valence-corrected chi connectivity index (χ0v) is 10.2. The molecular formula is C12H22O3.